The molecule has 0 saturated heterocycles. The fourth-order valence-electron chi connectivity index (χ4n) is 8.06. The number of aromatic carboxylic acids is 2. The molecule has 42 nitrogen and oxygen atoms in total. The molecule has 1 heterocycles. The average Bonchev–Trinajstić information content (AvgIpc) is 0.928. The molecule has 0 aliphatic heterocycles. The van der Waals surface area contributed by atoms with Gasteiger partial charge in [-0.3, -0.25) is 37.4 Å². The molecule has 0 spiro atoms. The summed E-state index contributed by atoms with van der Waals surface area (Å²) in [5.74, 6) is -8.07. The van der Waals surface area contributed by atoms with Crippen LogP contribution in [0.2, 0.25) is 0 Å². The SMILES string of the molecule is Nc1c(N=Nc2ccc3c(O)c(N=Nc4cc(C(=O)O)c(N=Nc5c(C(=O)O)nn(-c6ccc(S(=O)(=O)O)cc6)c5O)c(S(=O)(=O)O)c4)c(S(=O)(=O)O)cc3c2S(=O)(=O)O)cc(S(=O)(=O)O)c2cc(SOOO)c(N=Nc3ccc([N+](=O)[O-])cc3S(=O)(=O)O)c(O)c12. The number of azo groups is 4. The number of nitro groups is 1. The van der Waals surface area contributed by atoms with Gasteiger partial charge >= 0.3 is 11.9 Å². The van der Waals surface area contributed by atoms with Gasteiger partial charge in [0.15, 0.2) is 17.2 Å². The van der Waals surface area contributed by atoms with E-state index >= 15 is 0 Å². The third kappa shape index (κ3) is 13.8. The minimum Gasteiger partial charge on any atom is -0.505 e. The van der Waals surface area contributed by atoms with E-state index in [1.807, 2.05) is 0 Å². The molecule has 8 rings (SSSR count). The third-order valence-corrected chi connectivity index (χ3v) is 17.8. The topological polar surface area (TPSA) is 686 Å². The van der Waals surface area contributed by atoms with E-state index in [1.165, 1.54) is 0 Å². The van der Waals surface area contributed by atoms with E-state index in [-0.39, 0.29) is 29.9 Å². The highest BCUT2D eigenvalue weighted by Crippen LogP contribution is 2.51. The van der Waals surface area contributed by atoms with Crippen molar-refractivity contribution in [1.29, 1.82) is 0 Å². The van der Waals surface area contributed by atoms with Crippen LogP contribution in [0.5, 0.6) is 17.4 Å². The van der Waals surface area contributed by atoms with Gasteiger partial charge in [0.05, 0.1) is 54.8 Å². The Morgan fingerprint density at radius 1 is 0.543 bits per heavy atom. The van der Waals surface area contributed by atoms with Crippen LogP contribution in [0.3, 0.4) is 0 Å². The van der Waals surface area contributed by atoms with E-state index in [1.54, 1.807) is 0 Å². The number of rotatable bonds is 21. The van der Waals surface area contributed by atoms with Crippen molar-refractivity contribution in [2.75, 3.05) is 5.73 Å². The van der Waals surface area contributed by atoms with Crippen LogP contribution >= 0.6 is 12.0 Å². The molecule has 7 aromatic carbocycles. The molecule has 0 unspecified atom stereocenters. The molecule has 0 atom stereocenters. The second-order valence-electron chi connectivity index (χ2n) is 17.5. The Hall–Kier alpha value is -10.1. The highest BCUT2D eigenvalue weighted by molar-refractivity contribution is 7.94. The Morgan fingerprint density at radius 2 is 1.10 bits per heavy atom. The second-order valence-corrected chi connectivity index (χ2v) is 26.6. The van der Waals surface area contributed by atoms with Crippen LogP contribution in [0.4, 0.5) is 56.9 Å². The van der Waals surface area contributed by atoms with Crippen molar-refractivity contribution in [3.8, 4) is 23.1 Å². The number of phenols is 2. The van der Waals surface area contributed by atoms with Gasteiger partial charge in [-0.2, -0.15) is 65.4 Å². The largest absolute Gasteiger partial charge is 0.505 e. The Kier molecular flexibility index (Phi) is 18.1. The minimum absolute atomic E-state index is 0.0726. The van der Waals surface area contributed by atoms with E-state index in [9.17, 15) is 123 Å². The first-order valence-electron chi connectivity index (χ1n) is 23.0. The molecule has 0 aliphatic rings. The maximum Gasteiger partial charge on any atom is 0.358 e. The number of benzene rings is 7. The highest BCUT2D eigenvalue weighted by atomic mass is 32.2. The van der Waals surface area contributed by atoms with Gasteiger partial charge in [0.1, 0.15) is 58.6 Å². The molecule has 49 heteroatoms. The maximum atomic E-state index is 13.2. The standard InChI is InChI=1S/C43H28N12O30S7/c44-32-25(14-27(88(69,70)71)21-12-26(86-85-84-65)34(39(57)31(21)32)50-46-23-7-3-17(55(63)64)11-28(23)89(72,73)74)48-47-24-8-6-19-20(40(24)92(81,82)83)13-30(91(78,79)80)35(38(19)56)51-45-15-9-22(42(59)60)33(29(10-15)90(75,76)77)49-52-36-37(43(61)62)53-54(41(36)58)16-1-4-18(5-2-16)87(66,67)68/h1-14,56-58,65H,44H2,(H,59,60)(H,61,62)(H,66,67,68)(H,69,70,71)(H,72,73,74)(H,75,76,77)(H,78,79,80)(H,81,82,83). The fraction of sp³-hybridized carbons (Fsp3) is 0. The predicted octanol–water partition coefficient (Wildman–Crippen LogP) is 7.75. The number of carboxylic acid groups (broad SMARTS) is 2. The molecule has 1 aromatic heterocycles. The summed E-state index contributed by atoms with van der Waals surface area (Å²) in [6.07, 6.45) is 0. The van der Waals surface area contributed by atoms with Crippen LogP contribution in [0.25, 0.3) is 27.2 Å². The average molecular weight is 1420 g/mol. The van der Waals surface area contributed by atoms with Gasteiger partial charge in [0.25, 0.3) is 66.4 Å². The molecule has 0 fully saturated rings. The van der Waals surface area contributed by atoms with E-state index in [4.69, 9.17) is 11.0 Å². The monoisotopic (exact) mass is 1420 g/mol. The van der Waals surface area contributed by atoms with Crippen molar-refractivity contribution in [3.05, 3.63) is 106 Å². The van der Waals surface area contributed by atoms with E-state index in [2.05, 4.69) is 55.4 Å². The number of carbonyl (C=O) groups is 2. The number of hydrogen-bond donors (Lipinski definition) is 13. The van der Waals surface area contributed by atoms with Crippen LogP contribution in [0.15, 0.2) is 160 Å². The molecule has 0 amide bonds. The number of fused-ring (bicyclic) bond motifs is 2. The van der Waals surface area contributed by atoms with Crippen LogP contribution in [-0.2, 0) is 70.1 Å². The number of nitro benzene ring substituents is 1. The van der Waals surface area contributed by atoms with E-state index in [0.717, 1.165) is 24.3 Å². The zero-order valence-electron chi connectivity index (χ0n) is 43.7. The molecule has 0 bridgehead atoms. The molecule has 0 saturated carbocycles. The number of phenolic OH excluding ortho intramolecular Hbond substituents is 2. The number of carboxylic acids is 2. The first kappa shape index (κ1) is 67.8. The van der Waals surface area contributed by atoms with Crippen LogP contribution < -0.4 is 5.73 Å². The lowest BCUT2D eigenvalue weighted by Gasteiger charge is -2.15. The number of non-ortho nitro benzene ring substituents is 1. The minimum atomic E-state index is -5.84. The lowest BCUT2D eigenvalue weighted by Crippen LogP contribution is -2.04. The van der Waals surface area contributed by atoms with Gasteiger partial charge in [0.2, 0.25) is 11.6 Å². The quantitative estimate of drug-likeness (QED) is 0.00621. The fourth-order valence-corrected chi connectivity index (χ4v) is 12.5. The Bertz CT molecular complexity index is 5420. The summed E-state index contributed by atoms with van der Waals surface area (Å²) in [5.41, 5.74) is -6.86. The number of aromatic nitrogens is 2. The summed E-state index contributed by atoms with van der Waals surface area (Å²) >= 11 is -0.0726. The van der Waals surface area contributed by atoms with Crippen LogP contribution in [-0.4, -0.2) is 135 Å². The molecule has 92 heavy (non-hydrogen) atoms. The number of aromatic hydroxyl groups is 3. The molecular weight excluding hydrogens is 1390 g/mol. The lowest BCUT2D eigenvalue weighted by atomic mass is 10.0. The van der Waals surface area contributed by atoms with Gasteiger partial charge in [-0.1, -0.05) is 5.04 Å². The van der Waals surface area contributed by atoms with Crippen molar-refractivity contribution < 1.29 is 132 Å². The number of hydrogen-bond acceptors (Lipinski definition) is 33. The Morgan fingerprint density at radius 3 is 1.65 bits per heavy atom. The smallest absolute Gasteiger partial charge is 0.358 e. The van der Waals surface area contributed by atoms with Crippen molar-refractivity contribution in [2.45, 2.75) is 34.3 Å². The summed E-state index contributed by atoms with van der Waals surface area (Å²) in [4.78, 5) is 26.6. The molecule has 482 valence electrons. The Balaban J connectivity index is 1.25. The Labute approximate surface area is 512 Å². The first-order chi connectivity index (χ1) is 42.5. The van der Waals surface area contributed by atoms with Crippen molar-refractivity contribution in [1.82, 2.24) is 9.78 Å². The van der Waals surface area contributed by atoms with Gasteiger partial charge in [-0.05, 0) is 72.8 Å². The van der Waals surface area contributed by atoms with E-state index < -0.39 is 219 Å². The molecule has 0 radical (unpaired) electrons. The van der Waals surface area contributed by atoms with Gasteiger partial charge in [-0.15, -0.1) is 40.1 Å². The summed E-state index contributed by atoms with van der Waals surface area (Å²) in [6, 6.07) is 8.52. The van der Waals surface area contributed by atoms with Crippen LogP contribution in [0, 0.1) is 10.1 Å². The molecular formula is C43H28N12O30S7. The van der Waals surface area contributed by atoms with Crippen molar-refractivity contribution in [2.24, 2.45) is 40.9 Å². The predicted molar refractivity (Wildman–Crippen MR) is 301 cm³/mol. The van der Waals surface area contributed by atoms with E-state index in [0.29, 0.717) is 53.2 Å². The van der Waals surface area contributed by atoms with Crippen molar-refractivity contribution >= 4 is 163 Å². The molecule has 0 aliphatic carbocycles. The van der Waals surface area contributed by atoms with Gasteiger partial charge in [0, 0.05) is 28.3 Å². The highest BCUT2D eigenvalue weighted by Gasteiger charge is 2.32. The summed E-state index contributed by atoms with van der Waals surface area (Å²) in [5, 5.41) is 106. The first-order valence-corrected chi connectivity index (χ1v) is 32.4. The lowest BCUT2D eigenvalue weighted by molar-refractivity contribution is -0.432. The number of nitrogens with two attached hydrogens (primary N) is 1. The van der Waals surface area contributed by atoms with Gasteiger partial charge < -0.3 is 31.3 Å². The molecule has 8 aromatic rings. The zero-order chi connectivity index (χ0) is 68.3. The maximum absolute atomic E-state index is 13.2. The summed E-state index contributed by atoms with van der Waals surface area (Å²) in [6.45, 7) is 0. The van der Waals surface area contributed by atoms with Gasteiger partial charge in [-0.25, -0.2) is 14.8 Å². The summed E-state index contributed by atoms with van der Waals surface area (Å²) < 4.78 is 216. The summed E-state index contributed by atoms with van der Waals surface area (Å²) in [7, 11) is -33.0. The van der Waals surface area contributed by atoms with Crippen molar-refractivity contribution in [3.63, 3.8) is 0 Å². The molecule has 14 N–H and O–H groups in total. The van der Waals surface area contributed by atoms with Crippen LogP contribution in [0.1, 0.15) is 20.8 Å². The normalized spacial score (nSPS) is 13.0. The number of nitrogen functional groups attached to an aromatic ring is 1. The zero-order valence-corrected chi connectivity index (χ0v) is 49.4. The third-order valence-electron chi connectivity index (χ3n) is 11.9. The second kappa shape index (κ2) is 24.6. The number of anilines is 1. The number of nitrogens with zero attached hydrogens (tertiary/aromatic N) is 11.